The minimum atomic E-state index is -0.0834. The number of methoxy groups -OCH3 is 1. The molecular formula is C18H29NO2. The molecule has 1 aromatic carbocycles. The Morgan fingerprint density at radius 2 is 1.81 bits per heavy atom. The third-order valence-corrected chi connectivity index (χ3v) is 4.18. The average Bonchev–Trinajstić information content (AvgIpc) is 2.53. The van der Waals surface area contributed by atoms with Crippen molar-refractivity contribution in [3.63, 3.8) is 0 Å². The quantitative estimate of drug-likeness (QED) is 0.640. The number of hydrogen-bond acceptors (Lipinski definition) is 3. The van der Waals surface area contributed by atoms with Crippen molar-refractivity contribution in [1.29, 1.82) is 0 Å². The lowest BCUT2D eigenvalue weighted by Gasteiger charge is -2.33. The molecule has 2 unspecified atom stereocenters. The summed E-state index contributed by atoms with van der Waals surface area (Å²) in [7, 11) is 1.63. The summed E-state index contributed by atoms with van der Waals surface area (Å²) in [6.45, 7) is 9.56. The largest absolute Gasteiger partial charge is 0.497 e. The molecular weight excluding hydrogens is 262 g/mol. The first-order valence-electron chi connectivity index (χ1n) is 7.99. The van der Waals surface area contributed by atoms with Gasteiger partial charge in [-0.05, 0) is 57.5 Å². The van der Waals surface area contributed by atoms with Crippen molar-refractivity contribution in [2.75, 3.05) is 13.7 Å². The SMILES string of the molecule is CCCCN(C(C)CC)C(C)C(=O)c1ccc(OC)cc1. The smallest absolute Gasteiger partial charge is 0.179 e. The Morgan fingerprint density at radius 3 is 2.29 bits per heavy atom. The number of benzene rings is 1. The fourth-order valence-electron chi connectivity index (χ4n) is 2.52. The lowest BCUT2D eigenvalue weighted by Crippen LogP contribution is -2.44. The van der Waals surface area contributed by atoms with Gasteiger partial charge in [0, 0.05) is 11.6 Å². The predicted octanol–water partition coefficient (Wildman–Crippen LogP) is 4.17. The van der Waals surface area contributed by atoms with Gasteiger partial charge in [0.1, 0.15) is 5.75 Å². The zero-order chi connectivity index (χ0) is 15.8. The molecule has 1 rings (SSSR count). The van der Waals surface area contributed by atoms with Crippen molar-refractivity contribution in [1.82, 2.24) is 4.90 Å². The van der Waals surface area contributed by atoms with E-state index in [0.29, 0.717) is 6.04 Å². The van der Waals surface area contributed by atoms with Gasteiger partial charge in [-0.25, -0.2) is 0 Å². The standard InChI is InChI=1S/C18H29NO2/c1-6-8-13-19(14(3)7-2)15(4)18(20)16-9-11-17(21-5)12-10-16/h9-12,14-15H,6-8,13H2,1-5H3. The van der Waals surface area contributed by atoms with Crippen LogP contribution in [0.4, 0.5) is 0 Å². The first-order chi connectivity index (χ1) is 10.0. The molecule has 0 spiro atoms. The number of carbonyl (C=O) groups is 1. The molecule has 0 N–H and O–H groups in total. The van der Waals surface area contributed by atoms with Crippen LogP contribution in [0, 0.1) is 0 Å². The van der Waals surface area contributed by atoms with Gasteiger partial charge in [0.15, 0.2) is 5.78 Å². The fourth-order valence-corrected chi connectivity index (χ4v) is 2.52. The monoisotopic (exact) mass is 291 g/mol. The molecule has 21 heavy (non-hydrogen) atoms. The van der Waals surface area contributed by atoms with E-state index in [0.717, 1.165) is 37.1 Å². The maximum absolute atomic E-state index is 12.7. The molecule has 0 saturated heterocycles. The van der Waals surface area contributed by atoms with Crippen LogP contribution in [-0.4, -0.2) is 36.4 Å². The second kappa shape index (κ2) is 8.83. The maximum Gasteiger partial charge on any atom is 0.179 e. The Hall–Kier alpha value is -1.35. The Bertz CT molecular complexity index is 427. The van der Waals surface area contributed by atoms with E-state index in [1.54, 1.807) is 7.11 Å². The molecule has 0 radical (unpaired) electrons. The number of Topliss-reactive ketones (excluding diaryl/α,β-unsaturated/α-hetero) is 1. The molecule has 0 heterocycles. The van der Waals surface area contributed by atoms with Gasteiger partial charge in [0.25, 0.3) is 0 Å². The molecule has 0 fully saturated rings. The van der Waals surface area contributed by atoms with Gasteiger partial charge >= 0.3 is 0 Å². The Kier molecular flexibility index (Phi) is 7.44. The van der Waals surface area contributed by atoms with E-state index in [-0.39, 0.29) is 11.8 Å². The molecule has 2 atom stereocenters. The highest BCUT2D eigenvalue weighted by Gasteiger charge is 2.25. The van der Waals surface area contributed by atoms with Crippen molar-refractivity contribution < 1.29 is 9.53 Å². The van der Waals surface area contributed by atoms with E-state index in [4.69, 9.17) is 4.74 Å². The van der Waals surface area contributed by atoms with E-state index in [1.807, 2.05) is 31.2 Å². The van der Waals surface area contributed by atoms with E-state index >= 15 is 0 Å². The summed E-state index contributed by atoms with van der Waals surface area (Å²) in [6, 6.07) is 7.74. The molecule has 0 aliphatic carbocycles. The van der Waals surface area contributed by atoms with Crippen LogP contribution in [0.15, 0.2) is 24.3 Å². The molecule has 118 valence electrons. The van der Waals surface area contributed by atoms with Crippen molar-refractivity contribution >= 4 is 5.78 Å². The van der Waals surface area contributed by atoms with Crippen LogP contribution in [0.1, 0.15) is 57.3 Å². The summed E-state index contributed by atoms with van der Waals surface area (Å²) >= 11 is 0. The average molecular weight is 291 g/mol. The third-order valence-electron chi connectivity index (χ3n) is 4.18. The van der Waals surface area contributed by atoms with Crippen molar-refractivity contribution in [2.45, 2.75) is 59.0 Å². The summed E-state index contributed by atoms with van der Waals surface area (Å²) in [5.74, 6) is 0.970. The van der Waals surface area contributed by atoms with E-state index in [1.165, 1.54) is 0 Å². The Labute approximate surface area is 129 Å². The van der Waals surface area contributed by atoms with Crippen LogP contribution in [0.25, 0.3) is 0 Å². The molecule has 0 aliphatic rings. The van der Waals surface area contributed by atoms with Crippen LogP contribution in [-0.2, 0) is 0 Å². The van der Waals surface area contributed by atoms with Gasteiger partial charge in [-0.3, -0.25) is 9.69 Å². The van der Waals surface area contributed by atoms with E-state index in [2.05, 4.69) is 25.7 Å². The predicted molar refractivity (Wildman–Crippen MR) is 88.2 cm³/mol. The topological polar surface area (TPSA) is 29.5 Å². The molecule has 1 aromatic rings. The summed E-state index contributed by atoms with van der Waals surface area (Å²) in [5, 5.41) is 0. The molecule has 3 heteroatoms. The van der Waals surface area contributed by atoms with Gasteiger partial charge in [0.2, 0.25) is 0 Å². The number of hydrogen-bond donors (Lipinski definition) is 0. The zero-order valence-electron chi connectivity index (χ0n) is 14.1. The summed E-state index contributed by atoms with van der Waals surface area (Å²) in [5.41, 5.74) is 0.758. The molecule has 0 amide bonds. The van der Waals surface area contributed by atoms with Gasteiger partial charge in [-0.1, -0.05) is 20.3 Å². The minimum absolute atomic E-state index is 0.0834. The molecule has 0 aliphatic heterocycles. The number of carbonyl (C=O) groups excluding carboxylic acids is 1. The first kappa shape index (κ1) is 17.7. The Balaban J connectivity index is 2.84. The molecule has 3 nitrogen and oxygen atoms in total. The van der Waals surface area contributed by atoms with Crippen LogP contribution in [0.2, 0.25) is 0 Å². The number of rotatable bonds is 9. The van der Waals surface area contributed by atoms with E-state index < -0.39 is 0 Å². The van der Waals surface area contributed by atoms with E-state index in [9.17, 15) is 4.79 Å². The minimum Gasteiger partial charge on any atom is -0.497 e. The molecule has 0 saturated carbocycles. The highest BCUT2D eigenvalue weighted by molar-refractivity contribution is 5.99. The number of ether oxygens (including phenoxy) is 1. The molecule has 0 bridgehead atoms. The summed E-state index contributed by atoms with van der Waals surface area (Å²) in [4.78, 5) is 15.0. The molecule has 0 aromatic heterocycles. The second-order valence-electron chi connectivity index (χ2n) is 5.62. The highest BCUT2D eigenvalue weighted by atomic mass is 16.5. The third kappa shape index (κ3) is 4.85. The summed E-state index contributed by atoms with van der Waals surface area (Å²) < 4.78 is 5.14. The summed E-state index contributed by atoms with van der Waals surface area (Å²) in [6.07, 6.45) is 3.34. The van der Waals surface area contributed by atoms with Gasteiger partial charge < -0.3 is 4.74 Å². The van der Waals surface area contributed by atoms with Crippen molar-refractivity contribution in [3.05, 3.63) is 29.8 Å². The normalized spacial score (nSPS) is 14.0. The lowest BCUT2D eigenvalue weighted by atomic mass is 10.0. The maximum atomic E-state index is 12.7. The number of unbranched alkanes of at least 4 members (excludes halogenated alkanes) is 1. The van der Waals surface area contributed by atoms with Crippen LogP contribution in [0.5, 0.6) is 5.75 Å². The number of ketones is 1. The zero-order valence-corrected chi connectivity index (χ0v) is 14.1. The number of nitrogens with zero attached hydrogens (tertiary/aromatic N) is 1. The van der Waals surface area contributed by atoms with Crippen LogP contribution in [0.3, 0.4) is 0 Å². The van der Waals surface area contributed by atoms with Gasteiger partial charge in [-0.15, -0.1) is 0 Å². The highest BCUT2D eigenvalue weighted by Crippen LogP contribution is 2.17. The van der Waals surface area contributed by atoms with Crippen LogP contribution < -0.4 is 4.74 Å². The second-order valence-corrected chi connectivity index (χ2v) is 5.62. The van der Waals surface area contributed by atoms with Gasteiger partial charge in [0.05, 0.1) is 13.2 Å². The van der Waals surface area contributed by atoms with Gasteiger partial charge in [-0.2, -0.15) is 0 Å². The van der Waals surface area contributed by atoms with Crippen molar-refractivity contribution in [2.24, 2.45) is 0 Å². The Morgan fingerprint density at radius 1 is 1.19 bits per heavy atom. The van der Waals surface area contributed by atoms with Crippen LogP contribution >= 0.6 is 0 Å². The lowest BCUT2D eigenvalue weighted by molar-refractivity contribution is 0.0766. The first-order valence-corrected chi connectivity index (χ1v) is 7.99. The van der Waals surface area contributed by atoms with Crippen molar-refractivity contribution in [3.8, 4) is 5.75 Å². The fraction of sp³-hybridized carbons (Fsp3) is 0.611.